The molecular formula is C34H33N3O4. The lowest BCUT2D eigenvalue weighted by Crippen LogP contribution is -2.48. The quantitative estimate of drug-likeness (QED) is 0.180. The number of ether oxygens (including phenoxy) is 2. The largest absolute Gasteiger partial charge is 0.489 e. The first-order valence-electron chi connectivity index (χ1n) is 13.7. The number of H-pyrrole nitrogens is 1. The number of carbonyl (C=O) groups excluding carboxylic acids is 2. The molecule has 1 heterocycles. The number of aromatic nitrogens is 1. The number of amides is 2. The smallest absolute Gasteiger partial charge is 0.408 e. The van der Waals surface area contributed by atoms with E-state index in [1.165, 1.54) is 0 Å². The average molecular weight is 548 g/mol. The highest BCUT2D eigenvalue weighted by atomic mass is 16.5. The zero-order valence-corrected chi connectivity index (χ0v) is 22.7. The molecule has 0 saturated carbocycles. The van der Waals surface area contributed by atoms with Crippen molar-refractivity contribution in [1.82, 2.24) is 15.6 Å². The molecule has 0 saturated heterocycles. The van der Waals surface area contributed by atoms with Crippen LogP contribution in [-0.2, 0) is 35.6 Å². The third-order valence-electron chi connectivity index (χ3n) is 6.78. The van der Waals surface area contributed by atoms with Crippen LogP contribution in [0.1, 0.15) is 22.3 Å². The fourth-order valence-electron chi connectivity index (χ4n) is 4.60. The maximum Gasteiger partial charge on any atom is 0.408 e. The maximum absolute atomic E-state index is 13.2. The van der Waals surface area contributed by atoms with Crippen LogP contribution >= 0.6 is 0 Å². The zero-order chi connectivity index (χ0) is 28.3. The van der Waals surface area contributed by atoms with Crippen LogP contribution in [0, 0.1) is 0 Å². The number of carbonyl (C=O) groups is 2. The van der Waals surface area contributed by atoms with Gasteiger partial charge in [0.1, 0.15) is 25.0 Å². The van der Waals surface area contributed by atoms with E-state index in [1.54, 1.807) is 0 Å². The highest BCUT2D eigenvalue weighted by Crippen LogP contribution is 2.24. The van der Waals surface area contributed by atoms with E-state index in [4.69, 9.17) is 9.47 Å². The van der Waals surface area contributed by atoms with E-state index in [9.17, 15) is 9.59 Å². The molecule has 7 heteroatoms. The van der Waals surface area contributed by atoms with E-state index in [2.05, 4.69) is 15.6 Å². The lowest BCUT2D eigenvalue weighted by atomic mass is 10.1. The van der Waals surface area contributed by atoms with Crippen molar-refractivity contribution in [3.63, 3.8) is 0 Å². The summed E-state index contributed by atoms with van der Waals surface area (Å²) in [5.74, 6) is 0.518. The fourth-order valence-corrected chi connectivity index (χ4v) is 4.60. The Kier molecular flexibility index (Phi) is 9.30. The third kappa shape index (κ3) is 7.99. The minimum atomic E-state index is -0.776. The summed E-state index contributed by atoms with van der Waals surface area (Å²) in [5.41, 5.74) is 4.99. The zero-order valence-electron chi connectivity index (χ0n) is 22.7. The van der Waals surface area contributed by atoms with Gasteiger partial charge in [-0.1, -0.05) is 91.0 Å². The van der Waals surface area contributed by atoms with Gasteiger partial charge in [0, 0.05) is 30.1 Å². The highest BCUT2D eigenvalue weighted by Gasteiger charge is 2.22. The first-order chi connectivity index (χ1) is 20.1. The van der Waals surface area contributed by atoms with E-state index in [0.717, 1.165) is 38.9 Å². The van der Waals surface area contributed by atoms with Gasteiger partial charge in [0.05, 0.1) is 0 Å². The molecule has 2 amide bonds. The number of nitrogens with one attached hydrogen (secondary N) is 3. The van der Waals surface area contributed by atoms with Crippen LogP contribution in [0.25, 0.3) is 10.9 Å². The fraction of sp³-hybridized carbons (Fsp3) is 0.176. The molecule has 5 aromatic rings. The molecule has 0 spiro atoms. The number of hydrogen-bond acceptors (Lipinski definition) is 4. The summed E-state index contributed by atoms with van der Waals surface area (Å²) in [6.45, 7) is 1.03. The van der Waals surface area contributed by atoms with Crippen LogP contribution in [0.15, 0.2) is 115 Å². The van der Waals surface area contributed by atoms with Crippen molar-refractivity contribution in [2.24, 2.45) is 0 Å². The van der Waals surface area contributed by atoms with Crippen molar-refractivity contribution in [3.05, 3.63) is 138 Å². The topological polar surface area (TPSA) is 92.5 Å². The summed E-state index contributed by atoms with van der Waals surface area (Å²) in [6, 6.07) is 34.3. The van der Waals surface area contributed by atoms with Crippen LogP contribution in [0.2, 0.25) is 0 Å². The molecule has 4 aromatic carbocycles. The van der Waals surface area contributed by atoms with Gasteiger partial charge in [0.15, 0.2) is 0 Å². The van der Waals surface area contributed by atoms with Gasteiger partial charge in [-0.2, -0.15) is 0 Å². The molecule has 0 aliphatic rings. The Morgan fingerprint density at radius 3 is 2.07 bits per heavy atom. The molecule has 3 N–H and O–H groups in total. The number of fused-ring (bicyclic) bond motifs is 1. The molecule has 0 aliphatic carbocycles. The summed E-state index contributed by atoms with van der Waals surface area (Å²) in [4.78, 5) is 29.1. The van der Waals surface area contributed by atoms with Crippen molar-refractivity contribution in [2.75, 3.05) is 6.54 Å². The molecule has 1 unspecified atom stereocenters. The summed E-state index contributed by atoms with van der Waals surface area (Å²) in [5, 5.41) is 6.79. The lowest BCUT2D eigenvalue weighted by molar-refractivity contribution is -0.123. The Morgan fingerprint density at radius 2 is 1.39 bits per heavy atom. The third-order valence-corrected chi connectivity index (χ3v) is 6.78. The van der Waals surface area contributed by atoms with Gasteiger partial charge >= 0.3 is 6.09 Å². The van der Waals surface area contributed by atoms with Gasteiger partial charge in [0.2, 0.25) is 5.91 Å². The molecule has 1 aromatic heterocycles. The summed E-state index contributed by atoms with van der Waals surface area (Å²) >= 11 is 0. The second-order valence-electron chi connectivity index (χ2n) is 9.78. The van der Waals surface area contributed by atoms with Crippen molar-refractivity contribution in [3.8, 4) is 5.75 Å². The molecule has 0 radical (unpaired) electrons. The first kappa shape index (κ1) is 27.5. The predicted octanol–water partition coefficient (Wildman–Crippen LogP) is 5.94. The SMILES string of the molecule is O=C(NC(Cc1ccccc1)C(=O)NCCc1c[nH]c2ccc(OCc3ccccc3)cc12)OCc1ccccc1. The van der Waals surface area contributed by atoms with Crippen molar-refractivity contribution in [1.29, 1.82) is 0 Å². The summed E-state index contributed by atoms with van der Waals surface area (Å²) in [7, 11) is 0. The Morgan fingerprint density at radius 1 is 0.756 bits per heavy atom. The second kappa shape index (κ2) is 13.8. The van der Waals surface area contributed by atoms with Crippen LogP contribution < -0.4 is 15.4 Å². The predicted molar refractivity (Wildman–Crippen MR) is 159 cm³/mol. The number of benzene rings is 4. The van der Waals surface area contributed by atoms with Gasteiger partial charge in [0.25, 0.3) is 0 Å². The van der Waals surface area contributed by atoms with Gasteiger partial charge in [-0.15, -0.1) is 0 Å². The monoisotopic (exact) mass is 547 g/mol. The standard InChI is InChI=1S/C34H33N3O4/c38-33(32(20-25-10-4-1-5-11-25)37-34(39)41-24-27-14-8-3-9-15-27)35-19-18-28-22-36-31-17-16-29(21-30(28)31)40-23-26-12-6-2-7-13-26/h1-17,21-22,32,36H,18-20,23-24H2,(H,35,38)(H,37,39). The second-order valence-corrected chi connectivity index (χ2v) is 9.78. The molecular weight excluding hydrogens is 514 g/mol. The van der Waals surface area contributed by atoms with E-state index < -0.39 is 12.1 Å². The van der Waals surface area contributed by atoms with Gasteiger partial charge in [-0.3, -0.25) is 4.79 Å². The Hall–Kier alpha value is -5.04. The van der Waals surface area contributed by atoms with Gasteiger partial charge in [-0.05, 0) is 46.9 Å². The van der Waals surface area contributed by atoms with Crippen LogP contribution in [0.4, 0.5) is 4.79 Å². The molecule has 208 valence electrons. The molecule has 0 fully saturated rings. The average Bonchev–Trinajstić information content (AvgIpc) is 3.42. The van der Waals surface area contributed by atoms with E-state index in [0.29, 0.717) is 26.0 Å². The normalized spacial score (nSPS) is 11.5. The van der Waals surface area contributed by atoms with Crippen LogP contribution in [0.3, 0.4) is 0 Å². The van der Waals surface area contributed by atoms with Crippen LogP contribution in [0.5, 0.6) is 5.75 Å². The highest BCUT2D eigenvalue weighted by molar-refractivity contribution is 5.86. The molecule has 41 heavy (non-hydrogen) atoms. The summed E-state index contributed by atoms with van der Waals surface area (Å²) < 4.78 is 11.4. The Labute approximate surface area is 239 Å². The van der Waals surface area contributed by atoms with Crippen molar-refractivity contribution >= 4 is 22.9 Å². The van der Waals surface area contributed by atoms with E-state index in [-0.39, 0.29) is 12.5 Å². The number of aromatic amines is 1. The van der Waals surface area contributed by atoms with Crippen molar-refractivity contribution < 1.29 is 19.1 Å². The minimum absolute atomic E-state index is 0.129. The Balaban J connectivity index is 1.18. The number of rotatable bonds is 12. The van der Waals surface area contributed by atoms with E-state index in [1.807, 2.05) is 115 Å². The van der Waals surface area contributed by atoms with Crippen LogP contribution in [-0.4, -0.2) is 29.6 Å². The lowest BCUT2D eigenvalue weighted by Gasteiger charge is -2.18. The number of hydrogen-bond donors (Lipinski definition) is 3. The molecule has 7 nitrogen and oxygen atoms in total. The van der Waals surface area contributed by atoms with Gasteiger partial charge < -0.3 is 25.1 Å². The minimum Gasteiger partial charge on any atom is -0.489 e. The summed E-state index contributed by atoms with van der Waals surface area (Å²) in [6.07, 6.45) is 2.29. The molecule has 5 rings (SSSR count). The van der Waals surface area contributed by atoms with E-state index >= 15 is 0 Å². The molecule has 0 bridgehead atoms. The first-order valence-corrected chi connectivity index (χ1v) is 13.7. The molecule has 1 atom stereocenters. The van der Waals surface area contributed by atoms with Crippen molar-refractivity contribution in [2.45, 2.75) is 32.1 Å². The maximum atomic E-state index is 13.2. The molecule has 0 aliphatic heterocycles. The van der Waals surface area contributed by atoms with Gasteiger partial charge in [-0.25, -0.2) is 4.79 Å². The number of alkyl carbamates (subject to hydrolysis) is 1. The Bertz CT molecular complexity index is 1550.